The lowest BCUT2D eigenvalue weighted by atomic mass is 9.82. The van der Waals surface area contributed by atoms with E-state index in [0.717, 1.165) is 85.6 Å². The highest BCUT2D eigenvalue weighted by molar-refractivity contribution is 5.81. The van der Waals surface area contributed by atoms with Crippen LogP contribution >= 0.6 is 0 Å². The summed E-state index contributed by atoms with van der Waals surface area (Å²) in [6.45, 7) is 9.96. The van der Waals surface area contributed by atoms with E-state index in [2.05, 4.69) is 28.7 Å². The van der Waals surface area contributed by atoms with E-state index in [4.69, 9.17) is 9.47 Å². The Morgan fingerprint density at radius 3 is 2.68 bits per heavy atom. The molecule has 1 atom stereocenters. The zero-order valence-corrected chi connectivity index (χ0v) is 18.9. The van der Waals surface area contributed by atoms with Gasteiger partial charge in [0, 0.05) is 49.1 Å². The number of pyridine rings is 2. The summed E-state index contributed by atoms with van der Waals surface area (Å²) >= 11 is 0. The molecule has 2 aromatic heterocycles. The van der Waals surface area contributed by atoms with Crippen LogP contribution in [0.15, 0.2) is 24.5 Å². The number of rotatable bonds is 7. The molecular weight excluding hydrogens is 390 g/mol. The maximum Gasteiger partial charge on any atom is 0.137 e. The Hall–Kier alpha value is -2.47. The van der Waals surface area contributed by atoms with Crippen LogP contribution in [-0.2, 0) is 16.0 Å². The van der Waals surface area contributed by atoms with Gasteiger partial charge in [-0.1, -0.05) is 13.8 Å². The Bertz CT molecular complexity index is 895. The quantitative estimate of drug-likeness (QED) is 0.616. The van der Waals surface area contributed by atoms with Gasteiger partial charge in [0.05, 0.1) is 23.7 Å². The van der Waals surface area contributed by atoms with Crippen LogP contribution in [0.1, 0.15) is 50.8 Å². The second kappa shape index (κ2) is 9.35. The second-order valence-electron chi connectivity index (χ2n) is 9.43. The highest BCUT2D eigenvalue weighted by atomic mass is 16.5. The molecule has 0 radical (unpaired) electrons. The molecule has 2 aromatic rings. The molecule has 2 fully saturated rings. The molecule has 0 spiro atoms. The van der Waals surface area contributed by atoms with Crippen molar-refractivity contribution in [2.24, 2.45) is 5.41 Å². The first-order chi connectivity index (χ1) is 15.0. The summed E-state index contributed by atoms with van der Waals surface area (Å²) in [4.78, 5) is 23.1. The SMILES string of the molecule is Cc1ncc(-c2ccc(OC[C@H]3CCCO3)cn2)c(N2CCC(C)(C)CC2)c1CC=O. The molecule has 0 aromatic carbocycles. The minimum Gasteiger partial charge on any atom is -0.489 e. The van der Waals surface area contributed by atoms with E-state index in [9.17, 15) is 4.79 Å². The van der Waals surface area contributed by atoms with E-state index in [-0.39, 0.29) is 6.10 Å². The fourth-order valence-corrected chi connectivity index (χ4v) is 4.44. The highest BCUT2D eigenvalue weighted by Crippen LogP contribution is 2.39. The van der Waals surface area contributed by atoms with Crippen LogP contribution in [0.4, 0.5) is 5.69 Å². The first-order valence-electron chi connectivity index (χ1n) is 11.3. The Balaban J connectivity index is 1.61. The molecule has 0 N–H and O–H groups in total. The average molecular weight is 424 g/mol. The minimum atomic E-state index is 0.182. The standard InChI is InChI=1S/C25H33N3O3/c1-18-21(8-13-29)24(28-11-9-25(2,3)10-12-28)22(16-26-18)23-7-6-19(15-27-23)31-17-20-5-4-14-30-20/h6-7,13,15-16,20H,4-5,8-12,14,17H2,1-3H3/t20-/m1/s1. The van der Waals surface area contributed by atoms with E-state index in [0.29, 0.717) is 18.4 Å². The molecule has 0 unspecified atom stereocenters. The van der Waals surface area contributed by atoms with E-state index >= 15 is 0 Å². The lowest BCUT2D eigenvalue weighted by Gasteiger charge is -2.40. The van der Waals surface area contributed by atoms with Crippen LogP contribution < -0.4 is 9.64 Å². The second-order valence-corrected chi connectivity index (χ2v) is 9.43. The number of carbonyl (C=O) groups excluding carboxylic acids is 1. The zero-order chi connectivity index (χ0) is 21.8. The van der Waals surface area contributed by atoms with Crippen LogP contribution in [0.25, 0.3) is 11.3 Å². The molecule has 4 rings (SSSR count). The number of carbonyl (C=O) groups is 1. The smallest absolute Gasteiger partial charge is 0.137 e. The van der Waals surface area contributed by atoms with Gasteiger partial charge in [-0.25, -0.2) is 0 Å². The fourth-order valence-electron chi connectivity index (χ4n) is 4.44. The van der Waals surface area contributed by atoms with Gasteiger partial charge >= 0.3 is 0 Å². The summed E-state index contributed by atoms with van der Waals surface area (Å²) in [7, 11) is 0. The molecule has 0 saturated carbocycles. The van der Waals surface area contributed by atoms with Crippen molar-refractivity contribution in [1.82, 2.24) is 9.97 Å². The van der Waals surface area contributed by atoms with Crippen molar-refractivity contribution in [2.45, 2.75) is 59.0 Å². The van der Waals surface area contributed by atoms with Gasteiger partial charge in [0.2, 0.25) is 0 Å². The van der Waals surface area contributed by atoms with Gasteiger partial charge in [0.15, 0.2) is 0 Å². The Morgan fingerprint density at radius 2 is 2.03 bits per heavy atom. The minimum absolute atomic E-state index is 0.182. The molecule has 0 aliphatic carbocycles. The van der Waals surface area contributed by atoms with Crippen LogP contribution in [0.2, 0.25) is 0 Å². The average Bonchev–Trinajstić information content (AvgIpc) is 3.28. The van der Waals surface area contributed by atoms with E-state index in [1.165, 1.54) is 0 Å². The number of aryl methyl sites for hydroxylation is 1. The Kier molecular flexibility index (Phi) is 6.56. The van der Waals surface area contributed by atoms with Gasteiger partial charge in [-0.15, -0.1) is 0 Å². The molecule has 6 nitrogen and oxygen atoms in total. The van der Waals surface area contributed by atoms with Crippen LogP contribution in [0.3, 0.4) is 0 Å². The summed E-state index contributed by atoms with van der Waals surface area (Å²) in [6.07, 6.45) is 9.59. The van der Waals surface area contributed by atoms with Crippen LogP contribution in [0, 0.1) is 12.3 Å². The van der Waals surface area contributed by atoms with Gasteiger partial charge in [-0.3, -0.25) is 9.97 Å². The summed E-state index contributed by atoms with van der Waals surface area (Å²) < 4.78 is 11.5. The third-order valence-electron chi connectivity index (χ3n) is 6.56. The van der Waals surface area contributed by atoms with Crippen LogP contribution in [-0.4, -0.2) is 48.7 Å². The predicted octanol–water partition coefficient (Wildman–Crippen LogP) is 4.38. The Morgan fingerprint density at radius 1 is 1.23 bits per heavy atom. The van der Waals surface area contributed by atoms with E-state index in [1.54, 1.807) is 6.20 Å². The number of hydrogen-bond acceptors (Lipinski definition) is 6. The molecule has 6 heteroatoms. The summed E-state index contributed by atoms with van der Waals surface area (Å²) in [5.41, 5.74) is 5.21. The van der Waals surface area contributed by atoms with Crippen molar-refractivity contribution in [3.63, 3.8) is 0 Å². The largest absolute Gasteiger partial charge is 0.489 e. The number of aldehydes is 1. The van der Waals surface area contributed by atoms with Crippen molar-refractivity contribution in [3.8, 4) is 17.0 Å². The van der Waals surface area contributed by atoms with Crippen molar-refractivity contribution in [1.29, 1.82) is 0 Å². The van der Waals surface area contributed by atoms with Gasteiger partial charge in [-0.05, 0) is 50.2 Å². The number of anilines is 1. The van der Waals surface area contributed by atoms with Crippen molar-refractivity contribution < 1.29 is 14.3 Å². The molecule has 2 aliphatic heterocycles. The number of ether oxygens (including phenoxy) is 2. The van der Waals surface area contributed by atoms with Gasteiger partial charge in [-0.2, -0.15) is 0 Å². The lowest BCUT2D eigenvalue weighted by molar-refractivity contribution is -0.107. The maximum atomic E-state index is 11.4. The Labute approximate surface area is 185 Å². The number of nitrogens with zero attached hydrogens (tertiary/aromatic N) is 3. The molecule has 166 valence electrons. The maximum absolute atomic E-state index is 11.4. The molecule has 0 bridgehead atoms. The third-order valence-corrected chi connectivity index (χ3v) is 6.56. The van der Waals surface area contributed by atoms with Gasteiger partial charge < -0.3 is 19.2 Å². The summed E-state index contributed by atoms with van der Waals surface area (Å²) in [5.74, 6) is 0.744. The first-order valence-corrected chi connectivity index (χ1v) is 11.3. The molecule has 0 amide bonds. The van der Waals surface area contributed by atoms with Crippen molar-refractivity contribution >= 4 is 12.0 Å². The van der Waals surface area contributed by atoms with Gasteiger partial charge in [0.25, 0.3) is 0 Å². The summed E-state index contributed by atoms with van der Waals surface area (Å²) in [6, 6.07) is 3.94. The highest BCUT2D eigenvalue weighted by Gasteiger charge is 2.29. The normalized spacial score (nSPS) is 20.6. The molecule has 4 heterocycles. The lowest BCUT2D eigenvalue weighted by Crippen LogP contribution is -2.38. The molecule has 2 saturated heterocycles. The predicted molar refractivity (Wildman–Crippen MR) is 122 cm³/mol. The monoisotopic (exact) mass is 423 g/mol. The number of piperidine rings is 1. The number of hydrogen-bond donors (Lipinski definition) is 0. The zero-order valence-electron chi connectivity index (χ0n) is 18.9. The summed E-state index contributed by atoms with van der Waals surface area (Å²) in [5, 5.41) is 0. The van der Waals surface area contributed by atoms with Crippen molar-refractivity contribution in [2.75, 3.05) is 31.2 Å². The fraction of sp³-hybridized carbons (Fsp3) is 0.560. The van der Waals surface area contributed by atoms with Gasteiger partial charge in [0.1, 0.15) is 18.6 Å². The molecule has 31 heavy (non-hydrogen) atoms. The topological polar surface area (TPSA) is 64.6 Å². The molecule has 2 aliphatic rings. The van der Waals surface area contributed by atoms with Crippen LogP contribution in [0.5, 0.6) is 5.75 Å². The third kappa shape index (κ3) is 5.06. The van der Waals surface area contributed by atoms with E-state index in [1.807, 2.05) is 25.3 Å². The number of aromatic nitrogens is 2. The van der Waals surface area contributed by atoms with E-state index < -0.39 is 0 Å². The van der Waals surface area contributed by atoms with Crippen molar-refractivity contribution in [3.05, 3.63) is 35.8 Å². The molecular formula is C25H33N3O3. The first kappa shape index (κ1) is 21.8.